The lowest BCUT2D eigenvalue weighted by molar-refractivity contribution is 0.0924. The highest BCUT2D eigenvalue weighted by molar-refractivity contribution is 5.96. The summed E-state index contributed by atoms with van der Waals surface area (Å²) < 4.78 is 27.6. The van der Waals surface area contributed by atoms with Crippen LogP contribution in [0.2, 0.25) is 0 Å². The molecule has 0 saturated heterocycles. The summed E-state index contributed by atoms with van der Waals surface area (Å²) in [6, 6.07) is 8.88. The lowest BCUT2D eigenvalue weighted by atomic mass is 9.95. The van der Waals surface area contributed by atoms with E-state index in [0.717, 1.165) is 17.7 Å². The number of hydrogen-bond acceptors (Lipinski definition) is 6. The van der Waals surface area contributed by atoms with Crippen LogP contribution in [0.1, 0.15) is 42.2 Å². The van der Waals surface area contributed by atoms with Gasteiger partial charge < -0.3 is 29.0 Å². The van der Waals surface area contributed by atoms with Gasteiger partial charge in [0.05, 0.1) is 40.6 Å². The van der Waals surface area contributed by atoms with Gasteiger partial charge >= 0.3 is 0 Å². The summed E-state index contributed by atoms with van der Waals surface area (Å²) in [4.78, 5) is 13.1. The zero-order valence-electron chi connectivity index (χ0n) is 18.1. The van der Waals surface area contributed by atoms with Crippen molar-refractivity contribution in [2.24, 2.45) is 5.92 Å². The number of ether oxygens (including phenoxy) is 5. The maximum absolute atomic E-state index is 13.1. The lowest BCUT2D eigenvalue weighted by Crippen LogP contribution is -2.31. The number of fused-ring (bicyclic) bond motifs is 1. The Balaban J connectivity index is 1.89. The molecule has 1 aliphatic heterocycles. The maximum Gasteiger partial charge on any atom is 0.252 e. The minimum Gasteiger partial charge on any atom is -0.493 e. The molecule has 1 N–H and O–H groups in total. The molecular weight excluding hydrogens is 386 g/mol. The van der Waals surface area contributed by atoms with Crippen molar-refractivity contribution in [2.75, 3.05) is 34.5 Å². The van der Waals surface area contributed by atoms with Gasteiger partial charge in [0.1, 0.15) is 0 Å². The molecule has 0 saturated carbocycles. The third-order valence-electron chi connectivity index (χ3n) is 5.01. The summed E-state index contributed by atoms with van der Waals surface area (Å²) in [5, 5.41) is 3.12. The van der Waals surface area contributed by atoms with Crippen LogP contribution in [-0.4, -0.2) is 40.5 Å². The molecule has 30 heavy (non-hydrogen) atoms. The van der Waals surface area contributed by atoms with E-state index in [0.29, 0.717) is 41.8 Å². The monoisotopic (exact) mass is 415 g/mol. The molecule has 0 aromatic heterocycles. The Kier molecular flexibility index (Phi) is 6.92. The predicted molar refractivity (Wildman–Crippen MR) is 113 cm³/mol. The topological polar surface area (TPSA) is 75.3 Å². The van der Waals surface area contributed by atoms with Crippen LogP contribution in [0.25, 0.3) is 0 Å². The molecule has 162 valence electrons. The third kappa shape index (κ3) is 4.56. The van der Waals surface area contributed by atoms with E-state index in [-0.39, 0.29) is 17.9 Å². The number of hydrogen-bond donors (Lipinski definition) is 1. The number of methoxy groups -OCH3 is 3. The molecule has 7 nitrogen and oxygen atoms in total. The predicted octanol–water partition coefficient (Wildman–Crippen LogP) is 4.00. The van der Waals surface area contributed by atoms with Crippen LogP contribution >= 0.6 is 0 Å². The first-order chi connectivity index (χ1) is 14.5. The second-order valence-corrected chi connectivity index (χ2v) is 7.37. The Bertz CT molecular complexity index is 870. The van der Waals surface area contributed by atoms with E-state index < -0.39 is 0 Å². The molecule has 2 aromatic carbocycles. The number of benzene rings is 2. The summed E-state index contributed by atoms with van der Waals surface area (Å²) in [6.45, 7) is 5.37. The Morgan fingerprint density at radius 3 is 2.13 bits per heavy atom. The van der Waals surface area contributed by atoms with E-state index in [9.17, 15) is 4.79 Å². The Hall–Kier alpha value is -3.09. The fourth-order valence-electron chi connectivity index (χ4n) is 3.44. The summed E-state index contributed by atoms with van der Waals surface area (Å²) in [5.41, 5.74) is 1.37. The van der Waals surface area contributed by atoms with Crippen molar-refractivity contribution in [3.8, 4) is 28.7 Å². The molecule has 3 rings (SSSR count). The summed E-state index contributed by atoms with van der Waals surface area (Å²) >= 11 is 0. The first-order valence-electron chi connectivity index (χ1n) is 9.98. The van der Waals surface area contributed by atoms with E-state index >= 15 is 0 Å². The largest absolute Gasteiger partial charge is 0.493 e. The molecule has 0 spiro atoms. The van der Waals surface area contributed by atoms with Crippen LogP contribution in [0, 0.1) is 5.92 Å². The van der Waals surface area contributed by atoms with Crippen LogP contribution in [0.3, 0.4) is 0 Å². The van der Waals surface area contributed by atoms with Crippen LogP contribution < -0.4 is 29.0 Å². The Morgan fingerprint density at radius 2 is 1.57 bits per heavy atom. The van der Waals surface area contributed by atoms with E-state index in [1.807, 2.05) is 18.2 Å². The number of amides is 1. The smallest absolute Gasteiger partial charge is 0.252 e. The van der Waals surface area contributed by atoms with E-state index in [1.165, 1.54) is 21.3 Å². The third-order valence-corrected chi connectivity index (χ3v) is 5.01. The number of rotatable bonds is 7. The molecule has 7 heteroatoms. The van der Waals surface area contributed by atoms with E-state index in [1.54, 1.807) is 12.1 Å². The molecule has 1 atom stereocenters. The Labute approximate surface area is 177 Å². The van der Waals surface area contributed by atoms with Gasteiger partial charge in [-0.3, -0.25) is 4.79 Å². The van der Waals surface area contributed by atoms with E-state index in [2.05, 4.69) is 19.2 Å². The quantitative estimate of drug-likeness (QED) is 0.737. The van der Waals surface area contributed by atoms with E-state index in [4.69, 9.17) is 23.7 Å². The van der Waals surface area contributed by atoms with Gasteiger partial charge in [-0.1, -0.05) is 19.9 Å². The number of carbonyl (C=O) groups excluding carboxylic acids is 1. The molecule has 0 aliphatic carbocycles. The van der Waals surface area contributed by atoms with Gasteiger partial charge in [0, 0.05) is 12.0 Å². The van der Waals surface area contributed by atoms with Gasteiger partial charge in [0.2, 0.25) is 5.75 Å². The van der Waals surface area contributed by atoms with Gasteiger partial charge in [-0.15, -0.1) is 0 Å². The standard InChI is InChI=1S/C23H29NO6/c1-14(2)21(15-7-8-17-18(11-15)30-10-6-9-29-17)24-23(25)16-12-19(26-3)22(28-5)20(13-16)27-4/h7-8,11-14,21H,6,9-10H2,1-5H3,(H,24,25)/t21-/m1/s1. The zero-order valence-corrected chi connectivity index (χ0v) is 18.1. The molecule has 2 aromatic rings. The van der Waals surface area contributed by atoms with Crippen molar-refractivity contribution < 1.29 is 28.5 Å². The van der Waals surface area contributed by atoms with Crippen LogP contribution in [-0.2, 0) is 0 Å². The van der Waals surface area contributed by atoms with Crippen LogP contribution in [0.5, 0.6) is 28.7 Å². The minimum absolute atomic E-state index is 0.153. The van der Waals surface area contributed by atoms with Gasteiger partial charge in [-0.05, 0) is 35.7 Å². The molecule has 1 aliphatic rings. The second-order valence-electron chi connectivity index (χ2n) is 7.37. The minimum atomic E-state index is -0.236. The fraction of sp³-hybridized carbons (Fsp3) is 0.435. The van der Waals surface area contributed by atoms with Crippen LogP contribution in [0.4, 0.5) is 0 Å². The highest BCUT2D eigenvalue weighted by atomic mass is 16.5. The second kappa shape index (κ2) is 9.61. The van der Waals surface area contributed by atoms with Crippen molar-refractivity contribution in [2.45, 2.75) is 26.3 Å². The van der Waals surface area contributed by atoms with Crippen molar-refractivity contribution in [3.63, 3.8) is 0 Å². The summed E-state index contributed by atoms with van der Waals surface area (Å²) in [7, 11) is 4.57. The Morgan fingerprint density at radius 1 is 0.933 bits per heavy atom. The summed E-state index contributed by atoms with van der Waals surface area (Å²) in [5.74, 6) is 2.66. The zero-order chi connectivity index (χ0) is 21.7. The SMILES string of the molecule is COc1cc(C(=O)N[C@@H](c2ccc3c(c2)OCCCO3)C(C)C)cc(OC)c1OC. The molecular formula is C23H29NO6. The number of nitrogens with one attached hydrogen (secondary N) is 1. The van der Waals surface area contributed by atoms with Gasteiger partial charge in [-0.2, -0.15) is 0 Å². The van der Waals surface area contributed by atoms with Gasteiger partial charge in [0.15, 0.2) is 23.0 Å². The molecule has 0 unspecified atom stereocenters. The van der Waals surface area contributed by atoms with Gasteiger partial charge in [-0.25, -0.2) is 0 Å². The van der Waals surface area contributed by atoms with Gasteiger partial charge in [0.25, 0.3) is 5.91 Å². The first-order valence-corrected chi connectivity index (χ1v) is 9.98. The molecule has 0 radical (unpaired) electrons. The van der Waals surface area contributed by atoms with Crippen LogP contribution in [0.15, 0.2) is 30.3 Å². The van der Waals surface area contributed by atoms with Crippen molar-refractivity contribution in [1.82, 2.24) is 5.32 Å². The molecule has 1 heterocycles. The summed E-state index contributed by atoms with van der Waals surface area (Å²) in [6.07, 6.45) is 0.843. The average Bonchev–Trinajstić information content (AvgIpc) is 3.00. The van der Waals surface area contributed by atoms with Crippen molar-refractivity contribution in [3.05, 3.63) is 41.5 Å². The highest BCUT2D eigenvalue weighted by Crippen LogP contribution is 2.39. The molecule has 0 bridgehead atoms. The average molecular weight is 415 g/mol. The molecule has 1 amide bonds. The first kappa shape index (κ1) is 21.6. The molecule has 0 fully saturated rings. The highest BCUT2D eigenvalue weighted by Gasteiger charge is 2.23. The van der Waals surface area contributed by atoms with Crippen molar-refractivity contribution >= 4 is 5.91 Å². The fourth-order valence-corrected chi connectivity index (χ4v) is 3.44. The lowest BCUT2D eigenvalue weighted by Gasteiger charge is -2.24. The maximum atomic E-state index is 13.1. The number of carbonyl (C=O) groups is 1. The van der Waals surface area contributed by atoms with Crippen molar-refractivity contribution in [1.29, 1.82) is 0 Å². The normalized spacial score (nSPS) is 13.9.